The number of nitrogens with one attached hydrogen (secondary N) is 1. The largest absolute Gasteiger partial charge is 0.480 e. The molecule has 0 aliphatic carbocycles. The highest BCUT2D eigenvalue weighted by atomic mass is 16.5. The summed E-state index contributed by atoms with van der Waals surface area (Å²) in [4.78, 5) is 11.1. The molecule has 1 aliphatic heterocycles. The van der Waals surface area contributed by atoms with Crippen LogP contribution in [0, 0.1) is 0 Å². The van der Waals surface area contributed by atoms with Crippen LogP contribution >= 0.6 is 0 Å². The molecule has 1 unspecified atom stereocenters. The Morgan fingerprint density at radius 1 is 1.05 bits per heavy atom. The van der Waals surface area contributed by atoms with Crippen molar-refractivity contribution in [1.82, 2.24) is 5.32 Å². The lowest BCUT2D eigenvalue weighted by molar-refractivity contribution is -0.139. The number of hydrogen-bond acceptors (Lipinski definition) is 3. The number of ether oxygens (including phenoxy) is 1. The summed E-state index contributed by atoms with van der Waals surface area (Å²) in [7, 11) is 0. The number of benzene rings is 2. The first-order valence-corrected chi connectivity index (χ1v) is 7.45. The van der Waals surface area contributed by atoms with E-state index in [0.717, 1.165) is 11.1 Å². The van der Waals surface area contributed by atoms with E-state index in [2.05, 4.69) is 5.32 Å². The van der Waals surface area contributed by atoms with Crippen LogP contribution in [0.2, 0.25) is 0 Å². The lowest BCUT2D eigenvalue weighted by Gasteiger charge is -2.22. The maximum atomic E-state index is 11.1. The van der Waals surface area contributed by atoms with Gasteiger partial charge in [-0.1, -0.05) is 60.7 Å². The highest BCUT2D eigenvalue weighted by molar-refractivity contribution is 5.73. The molecule has 0 saturated carbocycles. The monoisotopic (exact) mass is 297 g/mol. The third-order valence-corrected chi connectivity index (χ3v) is 3.92. The Kier molecular flexibility index (Phi) is 4.51. The van der Waals surface area contributed by atoms with Crippen LogP contribution in [0.1, 0.15) is 23.7 Å². The maximum Gasteiger partial charge on any atom is 0.320 e. The topological polar surface area (TPSA) is 58.6 Å². The molecule has 22 heavy (non-hydrogen) atoms. The summed E-state index contributed by atoms with van der Waals surface area (Å²) >= 11 is 0. The Hall–Kier alpha value is -2.17. The minimum Gasteiger partial charge on any atom is -0.480 e. The second-order valence-electron chi connectivity index (χ2n) is 5.49. The molecular weight excluding hydrogens is 278 g/mol. The Bertz CT molecular complexity index is 575. The second-order valence-corrected chi connectivity index (χ2v) is 5.49. The fourth-order valence-electron chi connectivity index (χ4n) is 2.79. The fraction of sp³-hybridized carbons (Fsp3) is 0.278. The zero-order valence-electron chi connectivity index (χ0n) is 12.2. The third-order valence-electron chi connectivity index (χ3n) is 3.92. The van der Waals surface area contributed by atoms with Crippen molar-refractivity contribution in [1.29, 1.82) is 0 Å². The van der Waals surface area contributed by atoms with Crippen molar-refractivity contribution in [3.05, 3.63) is 71.8 Å². The normalized spacial score (nSPS) is 21.1. The minimum atomic E-state index is -0.818. The van der Waals surface area contributed by atoms with E-state index < -0.39 is 12.0 Å². The van der Waals surface area contributed by atoms with Crippen molar-refractivity contribution in [2.24, 2.45) is 0 Å². The van der Waals surface area contributed by atoms with Gasteiger partial charge < -0.3 is 15.2 Å². The second kappa shape index (κ2) is 6.73. The molecule has 0 radical (unpaired) electrons. The summed E-state index contributed by atoms with van der Waals surface area (Å²) < 4.78 is 6.24. The van der Waals surface area contributed by atoms with E-state index in [1.807, 2.05) is 60.7 Å². The molecule has 2 N–H and O–H groups in total. The van der Waals surface area contributed by atoms with Gasteiger partial charge in [0, 0.05) is 13.0 Å². The SMILES string of the molecule is O=C(O)[C@@H]1CC(OC(c2ccccc2)c2ccccc2)CN1. The molecule has 4 nitrogen and oxygen atoms in total. The zero-order valence-corrected chi connectivity index (χ0v) is 12.2. The van der Waals surface area contributed by atoms with Gasteiger partial charge in [-0.05, 0) is 11.1 Å². The van der Waals surface area contributed by atoms with Crippen molar-refractivity contribution in [3.8, 4) is 0 Å². The molecule has 4 heteroatoms. The van der Waals surface area contributed by atoms with Crippen LogP contribution < -0.4 is 5.32 Å². The molecule has 1 aliphatic rings. The predicted molar refractivity (Wildman–Crippen MR) is 83.6 cm³/mol. The summed E-state index contributed by atoms with van der Waals surface area (Å²) in [5.74, 6) is -0.818. The number of aliphatic carboxylic acids is 1. The zero-order chi connectivity index (χ0) is 15.4. The molecule has 1 heterocycles. The highest BCUT2D eigenvalue weighted by Gasteiger charge is 2.32. The average molecular weight is 297 g/mol. The predicted octanol–water partition coefficient (Wildman–Crippen LogP) is 2.61. The van der Waals surface area contributed by atoms with E-state index >= 15 is 0 Å². The van der Waals surface area contributed by atoms with Gasteiger partial charge in [0.25, 0.3) is 0 Å². The van der Waals surface area contributed by atoms with Crippen molar-refractivity contribution >= 4 is 5.97 Å². The van der Waals surface area contributed by atoms with Crippen molar-refractivity contribution in [2.45, 2.75) is 24.7 Å². The maximum absolute atomic E-state index is 11.1. The molecule has 3 rings (SSSR count). The molecule has 0 aromatic heterocycles. The first-order valence-electron chi connectivity index (χ1n) is 7.45. The van der Waals surface area contributed by atoms with Gasteiger partial charge in [-0.25, -0.2) is 0 Å². The number of carboxylic acids is 1. The average Bonchev–Trinajstić information content (AvgIpc) is 3.03. The minimum absolute atomic E-state index is 0.105. The Labute approximate surface area is 129 Å². The van der Waals surface area contributed by atoms with Gasteiger partial charge in [0.15, 0.2) is 0 Å². The Morgan fingerprint density at radius 2 is 1.59 bits per heavy atom. The van der Waals surface area contributed by atoms with Gasteiger partial charge in [-0.3, -0.25) is 4.79 Å². The van der Waals surface area contributed by atoms with Gasteiger partial charge in [0.05, 0.1) is 6.10 Å². The third kappa shape index (κ3) is 3.35. The molecule has 1 fully saturated rings. The standard InChI is InChI=1S/C18H19NO3/c20-18(21)16-11-15(12-19-16)22-17(13-7-3-1-4-8-13)14-9-5-2-6-10-14/h1-10,15-17,19H,11-12H2,(H,20,21)/t15?,16-/m0/s1. The van der Waals surface area contributed by atoms with Gasteiger partial charge in [0.2, 0.25) is 0 Å². The van der Waals surface area contributed by atoms with E-state index in [1.54, 1.807) is 0 Å². The summed E-state index contributed by atoms with van der Waals surface area (Å²) in [5, 5.41) is 12.1. The number of rotatable bonds is 5. The van der Waals surface area contributed by atoms with Crippen LogP contribution in [-0.4, -0.2) is 29.8 Å². The highest BCUT2D eigenvalue weighted by Crippen LogP contribution is 2.29. The van der Waals surface area contributed by atoms with Crippen LogP contribution in [0.3, 0.4) is 0 Å². The molecule has 0 bridgehead atoms. The Balaban J connectivity index is 1.80. The summed E-state index contributed by atoms with van der Waals surface area (Å²) in [6, 6.07) is 19.5. The molecule has 2 aromatic carbocycles. The summed E-state index contributed by atoms with van der Waals surface area (Å²) in [6.45, 7) is 0.563. The number of carboxylic acid groups (broad SMARTS) is 1. The summed E-state index contributed by atoms with van der Waals surface area (Å²) in [5.41, 5.74) is 2.15. The molecule has 0 amide bonds. The first-order chi connectivity index (χ1) is 10.7. The first kappa shape index (κ1) is 14.8. The number of carbonyl (C=O) groups is 1. The Morgan fingerprint density at radius 3 is 2.05 bits per heavy atom. The van der Waals surface area contributed by atoms with Gasteiger partial charge in [0.1, 0.15) is 12.1 Å². The molecule has 2 aromatic rings. The molecule has 114 valence electrons. The van der Waals surface area contributed by atoms with E-state index in [0.29, 0.717) is 13.0 Å². The molecule has 1 saturated heterocycles. The van der Waals surface area contributed by atoms with E-state index in [1.165, 1.54) is 0 Å². The van der Waals surface area contributed by atoms with Crippen LogP contribution in [0.15, 0.2) is 60.7 Å². The van der Waals surface area contributed by atoms with Gasteiger partial charge >= 0.3 is 5.97 Å². The molecule has 0 spiro atoms. The van der Waals surface area contributed by atoms with Crippen LogP contribution in [0.4, 0.5) is 0 Å². The van der Waals surface area contributed by atoms with Crippen molar-refractivity contribution < 1.29 is 14.6 Å². The van der Waals surface area contributed by atoms with Crippen molar-refractivity contribution in [3.63, 3.8) is 0 Å². The molecule has 2 atom stereocenters. The lowest BCUT2D eigenvalue weighted by atomic mass is 10.0. The van der Waals surface area contributed by atoms with E-state index in [4.69, 9.17) is 9.84 Å². The number of hydrogen-bond donors (Lipinski definition) is 2. The van der Waals surface area contributed by atoms with Gasteiger partial charge in [-0.2, -0.15) is 0 Å². The van der Waals surface area contributed by atoms with Crippen molar-refractivity contribution in [2.75, 3.05) is 6.54 Å². The molecular formula is C18H19NO3. The van der Waals surface area contributed by atoms with Crippen LogP contribution in [0.5, 0.6) is 0 Å². The van der Waals surface area contributed by atoms with E-state index in [9.17, 15) is 4.79 Å². The van der Waals surface area contributed by atoms with Crippen LogP contribution in [-0.2, 0) is 9.53 Å². The summed E-state index contributed by atoms with van der Waals surface area (Å²) in [6.07, 6.45) is 0.208. The van der Waals surface area contributed by atoms with Crippen LogP contribution in [0.25, 0.3) is 0 Å². The smallest absolute Gasteiger partial charge is 0.320 e. The fourth-order valence-corrected chi connectivity index (χ4v) is 2.79. The van der Waals surface area contributed by atoms with Gasteiger partial charge in [-0.15, -0.1) is 0 Å². The lowest BCUT2D eigenvalue weighted by Crippen LogP contribution is -2.30. The quantitative estimate of drug-likeness (QED) is 0.890. The van der Waals surface area contributed by atoms with E-state index in [-0.39, 0.29) is 12.2 Å².